The predicted octanol–water partition coefficient (Wildman–Crippen LogP) is 9.11. The van der Waals surface area contributed by atoms with Crippen LogP contribution in [-0.2, 0) is 17.1 Å². The first-order valence-corrected chi connectivity index (χ1v) is 13.6. The molecule has 0 aliphatic carbocycles. The molecule has 3 aromatic heterocycles. The standard InChI is InChI=1S/C20H14N4.3C6H5.Cu/c1-2-14-10-16-5-6-18(23-16)12-20-8-7-19(24-20)11-17-4-3-15(22-17)9-13(1)21-14;3*1-2-4-6-5-3-1;/h1-12,21-22H;3*1-5H;/q;3*-1;. The fraction of sp³-hybridized carbons (Fsp3) is 0. The summed E-state index contributed by atoms with van der Waals surface area (Å²) >= 11 is 0. The molecule has 2 aliphatic heterocycles. The van der Waals surface area contributed by atoms with Crippen molar-refractivity contribution in [2.75, 3.05) is 0 Å². The number of fused-ring (bicyclic) bond motifs is 8. The van der Waals surface area contributed by atoms with E-state index in [1.54, 1.807) is 0 Å². The van der Waals surface area contributed by atoms with Crippen LogP contribution in [0.1, 0.15) is 22.8 Å². The molecule has 1 radical (unpaired) electrons. The second-order valence-electron chi connectivity index (χ2n) is 9.14. The molecule has 8 bridgehead atoms. The first-order chi connectivity index (χ1) is 20.8. The largest absolute Gasteiger partial charge is 0.355 e. The molecule has 8 rings (SSSR count). The Labute approximate surface area is 263 Å². The van der Waals surface area contributed by atoms with Crippen molar-refractivity contribution in [3.05, 3.63) is 181 Å². The van der Waals surface area contributed by atoms with Crippen LogP contribution >= 0.6 is 0 Å². The van der Waals surface area contributed by atoms with Gasteiger partial charge in [0.05, 0.1) is 22.8 Å². The maximum Gasteiger partial charge on any atom is 0.0659 e. The van der Waals surface area contributed by atoms with Gasteiger partial charge in [0.25, 0.3) is 0 Å². The molecule has 0 saturated heterocycles. The van der Waals surface area contributed by atoms with Gasteiger partial charge in [-0.1, -0.05) is 0 Å². The van der Waals surface area contributed by atoms with Crippen LogP contribution in [0.5, 0.6) is 0 Å². The van der Waals surface area contributed by atoms with E-state index in [1.165, 1.54) is 0 Å². The summed E-state index contributed by atoms with van der Waals surface area (Å²) in [5.41, 5.74) is 7.86. The van der Waals surface area contributed by atoms with Gasteiger partial charge < -0.3 is 9.97 Å². The number of nitrogens with one attached hydrogen (secondary N) is 2. The molecule has 4 nitrogen and oxygen atoms in total. The van der Waals surface area contributed by atoms with Crippen LogP contribution in [0.3, 0.4) is 0 Å². The Morgan fingerprint density at radius 3 is 0.953 bits per heavy atom. The van der Waals surface area contributed by atoms with Gasteiger partial charge >= 0.3 is 0 Å². The topological polar surface area (TPSA) is 57.4 Å². The minimum absolute atomic E-state index is 0. The van der Waals surface area contributed by atoms with Crippen molar-refractivity contribution >= 4 is 46.4 Å². The van der Waals surface area contributed by atoms with Gasteiger partial charge in [-0.05, 0) is 72.8 Å². The van der Waals surface area contributed by atoms with Gasteiger partial charge in [0.1, 0.15) is 0 Å². The van der Waals surface area contributed by atoms with Crippen molar-refractivity contribution in [2.24, 2.45) is 0 Å². The third-order valence-electron chi connectivity index (χ3n) is 5.86. The summed E-state index contributed by atoms with van der Waals surface area (Å²) in [7, 11) is 0. The van der Waals surface area contributed by atoms with Crippen LogP contribution in [0.25, 0.3) is 46.4 Å². The first-order valence-electron chi connectivity index (χ1n) is 13.6. The predicted molar refractivity (Wildman–Crippen MR) is 175 cm³/mol. The Bertz CT molecular complexity index is 1630. The molecule has 2 N–H and O–H groups in total. The van der Waals surface area contributed by atoms with Crippen molar-refractivity contribution in [1.82, 2.24) is 19.9 Å². The minimum atomic E-state index is 0. The molecule has 6 aromatic rings. The Morgan fingerprint density at radius 2 is 0.674 bits per heavy atom. The number of nitrogens with zero attached hydrogens (tertiary/aromatic N) is 2. The van der Waals surface area contributed by atoms with Crippen LogP contribution in [0.2, 0.25) is 0 Å². The molecule has 43 heavy (non-hydrogen) atoms. The van der Waals surface area contributed by atoms with Gasteiger partial charge in [0.2, 0.25) is 0 Å². The second-order valence-corrected chi connectivity index (χ2v) is 9.14. The molecule has 5 heteroatoms. The molecule has 0 atom stereocenters. The molecule has 0 spiro atoms. The Hall–Kier alpha value is -5.22. The zero-order valence-electron chi connectivity index (χ0n) is 23.3. The number of aromatic nitrogens is 4. The van der Waals surface area contributed by atoms with E-state index < -0.39 is 0 Å². The Balaban J connectivity index is 0.000000180. The van der Waals surface area contributed by atoms with Crippen molar-refractivity contribution in [3.8, 4) is 0 Å². The van der Waals surface area contributed by atoms with Crippen molar-refractivity contribution in [1.29, 1.82) is 0 Å². The van der Waals surface area contributed by atoms with E-state index in [0.717, 1.165) is 44.8 Å². The molecule has 3 aromatic carbocycles. The van der Waals surface area contributed by atoms with E-state index in [0.29, 0.717) is 0 Å². The number of hydrogen-bond donors (Lipinski definition) is 2. The SMILES string of the molecule is C1=Cc2cc3ccc(cc4ccc(cc5nc(cc1n2)C=C5)[nH]4)[nH]3.[Cu].[c-]1ccccc1.[c-]1ccccc1.[c-]1ccccc1. The fourth-order valence-electron chi connectivity index (χ4n) is 3.97. The average Bonchev–Trinajstić information content (AvgIpc) is 3.88. The van der Waals surface area contributed by atoms with Crippen LogP contribution < -0.4 is 0 Å². The van der Waals surface area contributed by atoms with Crippen molar-refractivity contribution in [2.45, 2.75) is 0 Å². The van der Waals surface area contributed by atoms with Crippen LogP contribution in [0, 0.1) is 18.2 Å². The van der Waals surface area contributed by atoms with E-state index >= 15 is 0 Å². The number of rotatable bonds is 0. The maximum absolute atomic E-state index is 4.62. The number of aromatic amines is 2. The summed E-state index contributed by atoms with van der Waals surface area (Å²) in [5, 5.41) is 0. The third-order valence-corrected chi connectivity index (χ3v) is 5.86. The van der Waals surface area contributed by atoms with E-state index in [4.69, 9.17) is 0 Å². The van der Waals surface area contributed by atoms with E-state index in [2.05, 4.69) is 68.5 Å². The Morgan fingerprint density at radius 1 is 0.372 bits per heavy atom. The normalized spacial score (nSPS) is 10.4. The molecular weight excluding hydrogens is 576 g/mol. The summed E-state index contributed by atoms with van der Waals surface area (Å²) in [4.78, 5) is 16.0. The monoisotopic (exact) mass is 604 g/mol. The first kappa shape index (κ1) is 30.7. The van der Waals surface area contributed by atoms with E-state index in [-0.39, 0.29) is 17.1 Å². The zero-order valence-corrected chi connectivity index (χ0v) is 24.2. The summed E-state index contributed by atoms with van der Waals surface area (Å²) < 4.78 is 0. The minimum Gasteiger partial charge on any atom is -0.355 e. The van der Waals surface area contributed by atoms with Gasteiger partial charge in [0, 0.05) is 39.1 Å². The second kappa shape index (κ2) is 16.9. The summed E-state index contributed by atoms with van der Waals surface area (Å²) in [6, 6.07) is 53.9. The fourth-order valence-corrected chi connectivity index (χ4v) is 3.97. The average molecular weight is 605 g/mol. The van der Waals surface area contributed by atoms with Crippen LogP contribution in [0.15, 0.2) is 140 Å². The Kier molecular flexibility index (Phi) is 12.1. The van der Waals surface area contributed by atoms with Crippen molar-refractivity contribution < 1.29 is 17.1 Å². The van der Waals surface area contributed by atoms with E-state index in [9.17, 15) is 0 Å². The van der Waals surface area contributed by atoms with Gasteiger partial charge in [-0.15, -0.1) is 0 Å². The van der Waals surface area contributed by atoms with Gasteiger partial charge in [-0.3, -0.25) is 0 Å². The molecule has 5 heterocycles. The quantitative estimate of drug-likeness (QED) is 0.134. The molecule has 215 valence electrons. The maximum atomic E-state index is 4.62. The van der Waals surface area contributed by atoms with Crippen LogP contribution in [0.4, 0.5) is 0 Å². The van der Waals surface area contributed by atoms with Gasteiger partial charge in [-0.25, -0.2) is 9.97 Å². The van der Waals surface area contributed by atoms with Crippen molar-refractivity contribution in [3.63, 3.8) is 0 Å². The number of benzene rings is 3. The molecule has 0 amide bonds. The molecule has 0 saturated carbocycles. The number of H-pyrrole nitrogens is 2. The van der Waals surface area contributed by atoms with Gasteiger partial charge in [0.15, 0.2) is 0 Å². The smallest absolute Gasteiger partial charge is 0.0659 e. The molecular formula is C38H29CuN4-3. The molecule has 0 fully saturated rings. The molecule has 2 aliphatic rings. The zero-order chi connectivity index (χ0) is 28.7. The van der Waals surface area contributed by atoms with E-state index in [1.807, 2.05) is 133 Å². The number of hydrogen-bond acceptors (Lipinski definition) is 2. The third kappa shape index (κ3) is 10.6. The van der Waals surface area contributed by atoms with Gasteiger partial charge in [-0.2, -0.15) is 109 Å². The summed E-state index contributed by atoms with van der Waals surface area (Å²) in [5.74, 6) is 0. The van der Waals surface area contributed by atoms with Crippen LogP contribution in [-0.4, -0.2) is 19.9 Å². The molecule has 0 unspecified atom stereocenters. The summed E-state index contributed by atoms with van der Waals surface area (Å²) in [6.07, 6.45) is 8.05. The summed E-state index contributed by atoms with van der Waals surface area (Å²) in [6.45, 7) is 0.